The summed E-state index contributed by atoms with van der Waals surface area (Å²) in [6.07, 6.45) is 16.1. The molecule has 162 valence electrons. The van der Waals surface area contributed by atoms with Gasteiger partial charge in [0.2, 0.25) is 0 Å². The van der Waals surface area contributed by atoms with Gasteiger partial charge in [-0.3, -0.25) is 0 Å². The molecule has 0 saturated carbocycles. The van der Waals surface area contributed by atoms with Crippen LogP contribution in [0.1, 0.15) is 84.0 Å². The maximum atomic E-state index is 5.98. The van der Waals surface area contributed by atoms with Crippen molar-refractivity contribution in [1.82, 2.24) is 0 Å². The topological polar surface area (TPSA) is 64.6 Å². The number of hydrogen-bond acceptors (Lipinski definition) is 7. The van der Waals surface area contributed by atoms with E-state index >= 15 is 0 Å². The summed E-state index contributed by atoms with van der Waals surface area (Å²) in [7, 11) is -2.78. The zero-order valence-corrected chi connectivity index (χ0v) is 24.6. The molecule has 1 saturated heterocycles. The van der Waals surface area contributed by atoms with Gasteiger partial charge in [0.15, 0.2) is 0 Å². The monoisotopic (exact) mass is 520 g/mol. The predicted octanol–water partition coefficient (Wildman–Crippen LogP) is 3.09. The van der Waals surface area contributed by atoms with Gasteiger partial charge in [-0.25, -0.2) is 0 Å². The summed E-state index contributed by atoms with van der Waals surface area (Å²) in [6, 6.07) is 0.956. The summed E-state index contributed by atoms with van der Waals surface area (Å²) in [5.74, 6) is 0. The molecule has 0 aromatic heterocycles. The lowest BCUT2D eigenvalue weighted by Crippen LogP contribution is -2.42. The molecule has 0 N–H and O–H groups in total. The lowest BCUT2D eigenvalue weighted by Gasteiger charge is -2.26. The van der Waals surface area contributed by atoms with Crippen LogP contribution in [-0.4, -0.2) is 68.6 Å². The first-order valence-corrected chi connectivity index (χ1v) is 17.8. The molecule has 29 heavy (non-hydrogen) atoms. The van der Waals surface area contributed by atoms with Crippen molar-refractivity contribution in [2.24, 2.45) is 0 Å². The van der Waals surface area contributed by atoms with E-state index in [1.165, 1.54) is 70.6 Å². The molecule has 0 spiro atoms. The van der Waals surface area contributed by atoms with E-state index in [9.17, 15) is 0 Å². The molecular formula is C15H32O7Si7. The van der Waals surface area contributed by atoms with Crippen molar-refractivity contribution in [3.05, 3.63) is 0 Å². The Labute approximate surface area is 193 Å². The molecule has 7 nitrogen and oxygen atoms in total. The van der Waals surface area contributed by atoms with Crippen LogP contribution in [0.4, 0.5) is 0 Å². The third-order valence-electron chi connectivity index (χ3n) is 4.42. The largest absolute Gasteiger partial charge is 0.414 e. The summed E-state index contributed by atoms with van der Waals surface area (Å²) < 4.78 is 38.4. The lowest BCUT2D eigenvalue weighted by atomic mass is 10.1. The Morgan fingerprint density at radius 1 is 0.483 bits per heavy atom. The first-order valence-electron chi connectivity index (χ1n) is 10.4. The van der Waals surface area contributed by atoms with Crippen molar-refractivity contribution in [2.75, 3.05) is 0 Å². The minimum Gasteiger partial charge on any atom is -0.414 e. The van der Waals surface area contributed by atoms with Crippen molar-refractivity contribution in [1.29, 1.82) is 0 Å². The number of rotatable bonds is 13. The van der Waals surface area contributed by atoms with Crippen LogP contribution < -0.4 is 0 Å². The molecule has 12 radical (unpaired) electrons. The lowest BCUT2D eigenvalue weighted by molar-refractivity contribution is 0.320. The van der Waals surface area contributed by atoms with Gasteiger partial charge in [0, 0.05) is 0 Å². The van der Waals surface area contributed by atoms with Crippen molar-refractivity contribution < 1.29 is 28.8 Å². The first-order chi connectivity index (χ1) is 14.3. The highest BCUT2D eigenvalue weighted by molar-refractivity contribution is 6.74. The number of unbranched alkanes of at least 4 members (excludes halogenated alkanes) is 11. The summed E-state index contributed by atoms with van der Waals surface area (Å²) in [4.78, 5) is 0. The second-order valence-corrected chi connectivity index (χ2v) is 16.5. The Balaban J connectivity index is 2.07. The van der Waals surface area contributed by atoms with Crippen LogP contribution in [0.25, 0.3) is 0 Å². The van der Waals surface area contributed by atoms with E-state index in [1.807, 2.05) is 0 Å². The normalized spacial score (nSPS) is 19.7. The van der Waals surface area contributed by atoms with E-state index in [0.29, 0.717) is 0 Å². The molecule has 0 aromatic carbocycles. The minimum absolute atomic E-state index is 0.0688. The summed E-state index contributed by atoms with van der Waals surface area (Å²) >= 11 is 0. The molecule has 0 aromatic rings. The Morgan fingerprint density at radius 2 is 0.828 bits per heavy atom. The zero-order valence-electron chi connectivity index (χ0n) is 17.6. The SMILES string of the molecule is CCCCCCCCCCCCCC[Si]1(C)O[Si]O[Si]O[Si]O[Si]O[Si]O[Si]O1. The van der Waals surface area contributed by atoms with Crippen LogP contribution in [-0.2, 0) is 28.8 Å². The predicted molar refractivity (Wildman–Crippen MR) is 120 cm³/mol. The molecule has 1 rings (SSSR count). The van der Waals surface area contributed by atoms with Crippen LogP contribution in [0.3, 0.4) is 0 Å². The van der Waals surface area contributed by atoms with E-state index in [2.05, 4.69) is 13.5 Å². The van der Waals surface area contributed by atoms with Crippen molar-refractivity contribution in [3.8, 4) is 0 Å². The molecule has 0 aliphatic carbocycles. The summed E-state index contributed by atoms with van der Waals surface area (Å²) in [5.41, 5.74) is 0. The third kappa shape index (κ3) is 18.5. The Kier molecular flexibility index (Phi) is 20.6. The van der Waals surface area contributed by atoms with Gasteiger partial charge < -0.3 is 28.8 Å². The minimum atomic E-state index is -2.29. The van der Waals surface area contributed by atoms with Crippen LogP contribution in [0, 0.1) is 0 Å². The molecule has 0 atom stereocenters. The van der Waals surface area contributed by atoms with Crippen LogP contribution in [0.15, 0.2) is 0 Å². The fourth-order valence-electron chi connectivity index (χ4n) is 2.80. The molecule has 0 amide bonds. The molecule has 1 fully saturated rings. The maximum absolute atomic E-state index is 5.98. The second-order valence-electron chi connectivity index (χ2n) is 6.99. The van der Waals surface area contributed by atoms with Crippen LogP contribution in [0.5, 0.6) is 0 Å². The number of hydrogen-bond donors (Lipinski definition) is 0. The van der Waals surface area contributed by atoms with Gasteiger partial charge in [0.1, 0.15) is 0 Å². The average Bonchev–Trinajstić information content (AvgIpc) is 2.72. The molecule has 1 heterocycles. The quantitative estimate of drug-likeness (QED) is 0.273. The van der Waals surface area contributed by atoms with Gasteiger partial charge in [-0.05, 0) is 12.6 Å². The van der Waals surface area contributed by atoms with Gasteiger partial charge >= 0.3 is 68.6 Å². The fraction of sp³-hybridized carbons (Fsp3) is 1.00. The molecule has 1 aliphatic rings. The highest BCUT2D eigenvalue weighted by Gasteiger charge is 2.32. The summed E-state index contributed by atoms with van der Waals surface area (Å²) in [5, 5.41) is 0. The second kappa shape index (κ2) is 21.1. The van der Waals surface area contributed by atoms with Gasteiger partial charge in [-0.2, -0.15) is 0 Å². The van der Waals surface area contributed by atoms with Crippen molar-refractivity contribution in [3.63, 3.8) is 0 Å². The average molecular weight is 521 g/mol. The van der Waals surface area contributed by atoms with Gasteiger partial charge in [-0.1, -0.05) is 84.0 Å². The highest BCUT2D eigenvalue weighted by Crippen LogP contribution is 2.19. The molecule has 0 bridgehead atoms. The smallest absolute Gasteiger partial charge is 0.412 e. The van der Waals surface area contributed by atoms with E-state index < -0.39 is 8.56 Å². The van der Waals surface area contributed by atoms with Gasteiger partial charge in [0.25, 0.3) is 0 Å². The van der Waals surface area contributed by atoms with E-state index in [4.69, 9.17) is 28.8 Å². The standard InChI is InChI=1S/C15H32O7Si7/c1-3-4-5-6-7-8-9-10-11-12-13-14-15-29(2)21-27-19-25-17-23-16-24-18-26-20-28-22-29/h3-15H2,1-2H3. The van der Waals surface area contributed by atoms with Crippen molar-refractivity contribution >= 4 is 68.6 Å². The van der Waals surface area contributed by atoms with Crippen LogP contribution >= 0.6 is 0 Å². The molecule has 14 heteroatoms. The Bertz CT molecular complexity index is 347. The fourth-order valence-corrected chi connectivity index (χ4v) is 10.4. The maximum Gasteiger partial charge on any atom is 0.412 e. The molecule has 0 unspecified atom stereocenters. The Morgan fingerprint density at radius 3 is 1.24 bits per heavy atom. The first kappa shape index (κ1) is 28.3. The van der Waals surface area contributed by atoms with E-state index in [-0.39, 0.29) is 60.0 Å². The van der Waals surface area contributed by atoms with Gasteiger partial charge in [0.05, 0.1) is 0 Å². The summed E-state index contributed by atoms with van der Waals surface area (Å²) in [6.45, 7) is 4.36. The molecule has 1 aliphatic heterocycles. The Hall–Kier alpha value is 1.24. The van der Waals surface area contributed by atoms with E-state index in [1.54, 1.807) is 0 Å². The molecular weight excluding hydrogens is 489 g/mol. The van der Waals surface area contributed by atoms with Gasteiger partial charge in [-0.15, -0.1) is 0 Å². The third-order valence-corrected chi connectivity index (χ3v) is 13.1. The van der Waals surface area contributed by atoms with E-state index in [0.717, 1.165) is 12.5 Å². The van der Waals surface area contributed by atoms with Crippen LogP contribution in [0.2, 0.25) is 12.6 Å². The van der Waals surface area contributed by atoms with Crippen molar-refractivity contribution in [2.45, 2.75) is 96.6 Å². The zero-order chi connectivity index (χ0) is 20.9. The highest BCUT2D eigenvalue weighted by atomic mass is 28.5.